The van der Waals surface area contributed by atoms with Crippen LogP contribution in [0, 0.1) is 5.41 Å². The van der Waals surface area contributed by atoms with Crippen molar-refractivity contribution in [2.75, 3.05) is 31.9 Å². The molecule has 1 spiro atoms. The summed E-state index contributed by atoms with van der Waals surface area (Å²) in [5, 5.41) is 12.5. The molecule has 1 unspecified atom stereocenters. The Bertz CT molecular complexity index is 1030. The zero-order valence-electron chi connectivity index (χ0n) is 19.3. The van der Waals surface area contributed by atoms with Crippen LogP contribution < -0.4 is 5.32 Å². The molecule has 3 fully saturated rings. The summed E-state index contributed by atoms with van der Waals surface area (Å²) in [6.45, 7) is 3.74. The van der Waals surface area contributed by atoms with E-state index >= 15 is 0 Å². The average molecular weight is 494 g/mol. The molecular weight excluding hydrogens is 463 g/mol. The number of piperidine rings is 1. The van der Waals surface area contributed by atoms with Crippen LogP contribution in [0.15, 0.2) is 29.4 Å². The maximum Gasteiger partial charge on any atom is 0.416 e. The van der Waals surface area contributed by atoms with Gasteiger partial charge in [-0.1, -0.05) is 23.9 Å². The number of rotatable bonds is 7. The van der Waals surface area contributed by atoms with Crippen molar-refractivity contribution in [1.82, 2.24) is 25.0 Å². The minimum absolute atomic E-state index is 0.105. The SMILES string of the molecule is Cn1c(SCCCN2CC[C@]3(C[C@@H]3c3ccc(C(F)(F)F)cc3)C2)nnc1C1CCC(=O)NC1. The van der Waals surface area contributed by atoms with E-state index in [-0.39, 0.29) is 17.2 Å². The van der Waals surface area contributed by atoms with Crippen molar-refractivity contribution in [2.45, 2.75) is 55.3 Å². The Morgan fingerprint density at radius 1 is 1.24 bits per heavy atom. The van der Waals surface area contributed by atoms with Gasteiger partial charge in [0.15, 0.2) is 5.16 Å². The highest BCUT2D eigenvalue weighted by Crippen LogP contribution is 2.64. The lowest BCUT2D eigenvalue weighted by molar-refractivity contribution is -0.137. The van der Waals surface area contributed by atoms with Crippen LogP contribution >= 0.6 is 11.8 Å². The van der Waals surface area contributed by atoms with Gasteiger partial charge in [0.2, 0.25) is 5.91 Å². The predicted octanol–water partition coefficient (Wildman–Crippen LogP) is 4.19. The highest BCUT2D eigenvalue weighted by atomic mass is 32.2. The number of thioether (sulfide) groups is 1. The number of hydrogen-bond acceptors (Lipinski definition) is 5. The summed E-state index contributed by atoms with van der Waals surface area (Å²) in [4.78, 5) is 13.9. The van der Waals surface area contributed by atoms with Gasteiger partial charge in [0.25, 0.3) is 0 Å². The fourth-order valence-corrected chi connectivity index (χ4v) is 6.40. The Labute approximate surface area is 201 Å². The molecule has 6 nitrogen and oxygen atoms in total. The Morgan fingerprint density at radius 3 is 2.74 bits per heavy atom. The van der Waals surface area contributed by atoms with Gasteiger partial charge in [0.05, 0.1) is 5.56 Å². The van der Waals surface area contributed by atoms with E-state index in [2.05, 4.69) is 25.0 Å². The van der Waals surface area contributed by atoms with Gasteiger partial charge in [-0.25, -0.2) is 0 Å². The average Bonchev–Trinajstić information content (AvgIpc) is 3.16. The molecule has 0 radical (unpaired) electrons. The van der Waals surface area contributed by atoms with Crippen molar-refractivity contribution in [1.29, 1.82) is 0 Å². The second-order valence-electron chi connectivity index (χ2n) is 9.91. The minimum Gasteiger partial charge on any atom is -0.355 e. The van der Waals surface area contributed by atoms with E-state index in [9.17, 15) is 18.0 Å². The summed E-state index contributed by atoms with van der Waals surface area (Å²) in [6, 6.07) is 5.76. The summed E-state index contributed by atoms with van der Waals surface area (Å²) in [7, 11) is 1.99. The van der Waals surface area contributed by atoms with Gasteiger partial charge < -0.3 is 14.8 Å². The normalized spacial score (nSPS) is 27.4. The van der Waals surface area contributed by atoms with Crippen molar-refractivity contribution in [3.8, 4) is 0 Å². The van der Waals surface area contributed by atoms with Crippen molar-refractivity contribution in [2.24, 2.45) is 12.5 Å². The molecular formula is C24H30F3N5OS. The third kappa shape index (κ3) is 4.84. The minimum atomic E-state index is -4.28. The van der Waals surface area contributed by atoms with Gasteiger partial charge in [0, 0.05) is 38.2 Å². The number of nitrogens with one attached hydrogen (secondary N) is 1. The lowest BCUT2D eigenvalue weighted by Crippen LogP contribution is -2.34. The Hall–Kier alpha value is -2.07. The van der Waals surface area contributed by atoms with Crippen LogP contribution in [0.2, 0.25) is 0 Å². The van der Waals surface area contributed by atoms with Gasteiger partial charge in [-0.05, 0) is 67.8 Å². The maximum absolute atomic E-state index is 12.8. The van der Waals surface area contributed by atoms with Crippen molar-refractivity contribution >= 4 is 17.7 Å². The van der Waals surface area contributed by atoms with E-state index in [0.29, 0.717) is 18.9 Å². The number of carbonyl (C=O) groups is 1. The van der Waals surface area contributed by atoms with Crippen LogP contribution in [0.1, 0.15) is 60.9 Å². The number of amides is 1. The first-order chi connectivity index (χ1) is 16.2. The van der Waals surface area contributed by atoms with Crippen LogP contribution in [0.4, 0.5) is 13.2 Å². The second-order valence-corrected chi connectivity index (χ2v) is 11.0. The molecule has 184 valence electrons. The number of benzene rings is 1. The molecule has 2 saturated heterocycles. The number of likely N-dealkylation sites (tertiary alicyclic amines) is 1. The number of aromatic nitrogens is 3. The first kappa shape index (κ1) is 23.7. The van der Waals surface area contributed by atoms with E-state index in [1.54, 1.807) is 23.9 Å². The van der Waals surface area contributed by atoms with Crippen LogP contribution in [0.3, 0.4) is 0 Å². The first-order valence-corrected chi connectivity index (χ1v) is 12.9. The zero-order valence-corrected chi connectivity index (χ0v) is 20.1. The van der Waals surface area contributed by atoms with Gasteiger partial charge in [-0.2, -0.15) is 13.2 Å². The van der Waals surface area contributed by atoms with Crippen LogP contribution in [-0.4, -0.2) is 57.5 Å². The van der Waals surface area contributed by atoms with Crippen LogP contribution in [-0.2, 0) is 18.0 Å². The Kier molecular flexibility index (Phi) is 6.39. The zero-order chi connectivity index (χ0) is 23.9. The molecule has 0 bridgehead atoms. The molecule has 1 saturated carbocycles. The summed E-state index contributed by atoms with van der Waals surface area (Å²) < 4.78 is 40.5. The summed E-state index contributed by atoms with van der Waals surface area (Å²) in [5.41, 5.74) is 0.721. The highest BCUT2D eigenvalue weighted by Gasteiger charge is 2.57. The molecule has 2 aromatic rings. The monoisotopic (exact) mass is 493 g/mol. The lowest BCUT2D eigenvalue weighted by Gasteiger charge is -2.21. The smallest absolute Gasteiger partial charge is 0.355 e. The fourth-order valence-electron chi connectivity index (χ4n) is 5.56. The number of alkyl halides is 3. The standard InChI is InChI=1S/C24H30F3N5OS/c1-31-21(17-5-8-20(33)28-14-17)29-30-22(31)34-12-2-10-32-11-9-23(15-32)13-19(23)16-3-6-18(7-4-16)24(25,26)27/h3-4,6-7,17,19H,2,5,8-15H2,1H3,(H,28,33)/t17?,19-,23+/m1/s1. The molecule has 3 atom stereocenters. The summed E-state index contributed by atoms with van der Waals surface area (Å²) >= 11 is 1.72. The van der Waals surface area contributed by atoms with E-state index in [0.717, 1.165) is 67.6 Å². The molecule has 1 N–H and O–H groups in total. The second kappa shape index (κ2) is 9.18. The summed E-state index contributed by atoms with van der Waals surface area (Å²) in [6.07, 6.45) is 0.322. The molecule has 1 amide bonds. The third-order valence-corrected chi connectivity index (χ3v) is 8.75. The van der Waals surface area contributed by atoms with Crippen molar-refractivity contribution < 1.29 is 18.0 Å². The molecule has 34 heavy (non-hydrogen) atoms. The molecule has 2 aliphatic heterocycles. The predicted molar refractivity (Wildman–Crippen MR) is 124 cm³/mol. The first-order valence-electron chi connectivity index (χ1n) is 11.9. The van der Waals surface area contributed by atoms with Gasteiger partial charge in [0.1, 0.15) is 5.82 Å². The van der Waals surface area contributed by atoms with E-state index < -0.39 is 11.7 Å². The van der Waals surface area contributed by atoms with E-state index in [1.807, 2.05) is 7.05 Å². The molecule has 10 heteroatoms. The quantitative estimate of drug-likeness (QED) is 0.463. The topological polar surface area (TPSA) is 63.1 Å². The number of carbonyl (C=O) groups excluding carboxylic acids is 1. The van der Waals surface area contributed by atoms with Gasteiger partial charge in [-0.3, -0.25) is 4.79 Å². The molecule has 3 aliphatic rings. The third-order valence-electron chi connectivity index (χ3n) is 7.64. The van der Waals surface area contributed by atoms with Crippen molar-refractivity contribution in [3.05, 3.63) is 41.2 Å². The van der Waals surface area contributed by atoms with Gasteiger partial charge >= 0.3 is 6.18 Å². The maximum atomic E-state index is 12.8. The van der Waals surface area contributed by atoms with E-state index in [4.69, 9.17) is 0 Å². The molecule has 1 aromatic heterocycles. The van der Waals surface area contributed by atoms with Gasteiger partial charge in [-0.15, -0.1) is 10.2 Å². The van der Waals surface area contributed by atoms with Crippen molar-refractivity contribution in [3.63, 3.8) is 0 Å². The highest BCUT2D eigenvalue weighted by molar-refractivity contribution is 7.99. The number of nitrogens with zero attached hydrogens (tertiary/aromatic N) is 4. The molecule has 5 rings (SSSR count). The van der Waals surface area contributed by atoms with Crippen LogP contribution in [0.25, 0.3) is 0 Å². The largest absolute Gasteiger partial charge is 0.416 e. The lowest BCUT2D eigenvalue weighted by atomic mass is 9.97. The van der Waals surface area contributed by atoms with Crippen LogP contribution in [0.5, 0.6) is 0 Å². The Balaban J connectivity index is 1.06. The Morgan fingerprint density at radius 2 is 2.03 bits per heavy atom. The number of halogens is 3. The fraction of sp³-hybridized carbons (Fsp3) is 0.625. The molecule has 1 aliphatic carbocycles. The molecule has 3 heterocycles. The number of hydrogen-bond donors (Lipinski definition) is 1. The summed E-state index contributed by atoms with van der Waals surface area (Å²) in [5.74, 6) is 2.61. The van der Waals surface area contributed by atoms with E-state index in [1.165, 1.54) is 12.1 Å². The molecule has 1 aromatic carbocycles.